The average Bonchev–Trinajstić information content (AvgIpc) is 2.92. The van der Waals surface area contributed by atoms with Crippen LogP contribution in [0.25, 0.3) is 5.65 Å². The summed E-state index contributed by atoms with van der Waals surface area (Å²) in [4.78, 5) is 27.4. The highest BCUT2D eigenvalue weighted by Crippen LogP contribution is 2.33. The number of fused-ring (bicyclic) bond motifs is 2. The lowest BCUT2D eigenvalue weighted by Gasteiger charge is -2.13. The van der Waals surface area contributed by atoms with Crippen molar-refractivity contribution in [2.75, 3.05) is 18.5 Å². The minimum Gasteiger partial charge on any atom is -0.490 e. The summed E-state index contributed by atoms with van der Waals surface area (Å²) < 4.78 is 12.6. The van der Waals surface area contributed by atoms with E-state index in [0.29, 0.717) is 30.4 Å². The van der Waals surface area contributed by atoms with Crippen LogP contribution in [-0.4, -0.2) is 27.5 Å². The van der Waals surface area contributed by atoms with E-state index in [0.717, 1.165) is 16.4 Å². The number of hydrogen-bond acceptors (Lipinski definition) is 7. The van der Waals surface area contributed by atoms with Crippen molar-refractivity contribution in [3.63, 3.8) is 0 Å². The van der Waals surface area contributed by atoms with E-state index in [1.54, 1.807) is 18.2 Å². The first-order valence-corrected chi connectivity index (χ1v) is 8.42. The standard InChI is InChI=1S/C18H16N4O5/c23-18-15(22(24)25)17(20-14-7-1-2-8-21(14)18)19-11-12-5-3-6-13-16(12)27-10-4-9-26-13/h1-3,5-8,19H,4,9-11H2. The molecule has 3 aromatic rings. The predicted molar refractivity (Wildman–Crippen MR) is 97.5 cm³/mol. The summed E-state index contributed by atoms with van der Waals surface area (Å²) in [6.07, 6.45) is 2.22. The van der Waals surface area contributed by atoms with Crippen molar-refractivity contribution in [2.24, 2.45) is 0 Å². The second kappa shape index (κ2) is 6.94. The highest BCUT2D eigenvalue weighted by Gasteiger charge is 2.24. The zero-order valence-corrected chi connectivity index (χ0v) is 14.3. The van der Waals surface area contributed by atoms with Crippen molar-refractivity contribution < 1.29 is 14.4 Å². The van der Waals surface area contributed by atoms with Gasteiger partial charge in [-0.25, -0.2) is 4.98 Å². The maximum Gasteiger partial charge on any atom is 0.376 e. The summed E-state index contributed by atoms with van der Waals surface area (Å²) in [6.45, 7) is 1.29. The summed E-state index contributed by atoms with van der Waals surface area (Å²) in [5, 5.41) is 14.4. The molecule has 1 aromatic carbocycles. The molecule has 0 spiro atoms. The molecule has 0 radical (unpaired) electrons. The largest absolute Gasteiger partial charge is 0.490 e. The molecule has 0 atom stereocenters. The van der Waals surface area contributed by atoms with E-state index in [1.807, 2.05) is 18.2 Å². The smallest absolute Gasteiger partial charge is 0.376 e. The molecule has 1 N–H and O–H groups in total. The summed E-state index contributed by atoms with van der Waals surface area (Å²) >= 11 is 0. The van der Waals surface area contributed by atoms with Crippen molar-refractivity contribution in [3.8, 4) is 11.5 Å². The van der Waals surface area contributed by atoms with Crippen molar-refractivity contribution >= 4 is 17.2 Å². The van der Waals surface area contributed by atoms with Gasteiger partial charge in [0, 0.05) is 24.7 Å². The van der Waals surface area contributed by atoms with Crippen LogP contribution in [0.4, 0.5) is 11.5 Å². The van der Waals surface area contributed by atoms with Gasteiger partial charge in [0.2, 0.25) is 5.82 Å². The fourth-order valence-electron chi connectivity index (χ4n) is 2.94. The third-order valence-corrected chi connectivity index (χ3v) is 4.19. The molecule has 4 rings (SSSR count). The molecule has 0 aliphatic carbocycles. The van der Waals surface area contributed by atoms with Gasteiger partial charge in [0.25, 0.3) is 0 Å². The number of nitro groups is 1. The Labute approximate surface area is 153 Å². The number of benzene rings is 1. The molecule has 138 valence electrons. The molecule has 2 aromatic heterocycles. The molecule has 0 fully saturated rings. The van der Waals surface area contributed by atoms with Crippen molar-refractivity contribution in [2.45, 2.75) is 13.0 Å². The second-order valence-electron chi connectivity index (χ2n) is 5.95. The van der Waals surface area contributed by atoms with Crippen molar-refractivity contribution in [1.82, 2.24) is 9.38 Å². The SMILES string of the molecule is O=c1c([N+](=O)[O-])c(NCc2cccc3c2OCCCO3)nc2ccccn12. The molecular formula is C18H16N4O5. The monoisotopic (exact) mass is 368 g/mol. The van der Waals surface area contributed by atoms with E-state index in [2.05, 4.69) is 10.3 Å². The zero-order valence-electron chi connectivity index (χ0n) is 14.3. The first-order valence-electron chi connectivity index (χ1n) is 8.42. The number of hydrogen-bond donors (Lipinski definition) is 1. The van der Waals surface area contributed by atoms with Crippen LogP contribution in [0.15, 0.2) is 47.4 Å². The first kappa shape index (κ1) is 16.8. The summed E-state index contributed by atoms with van der Waals surface area (Å²) in [5.41, 5.74) is -0.252. The number of nitrogens with zero attached hydrogens (tertiary/aromatic N) is 3. The Morgan fingerprint density at radius 3 is 2.89 bits per heavy atom. The van der Waals surface area contributed by atoms with Gasteiger partial charge in [-0.1, -0.05) is 18.2 Å². The van der Waals surface area contributed by atoms with E-state index >= 15 is 0 Å². The number of ether oxygens (including phenoxy) is 2. The second-order valence-corrected chi connectivity index (χ2v) is 5.95. The Morgan fingerprint density at radius 1 is 1.19 bits per heavy atom. The van der Waals surface area contributed by atoms with E-state index in [-0.39, 0.29) is 12.4 Å². The zero-order chi connectivity index (χ0) is 18.8. The molecule has 1 aliphatic heterocycles. The van der Waals surface area contributed by atoms with Gasteiger partial charge < -0.3 is 14.8 Å². The Morgan fingerprint density at radius 2 is 2.04 bits per heavy atom. The lowest BCUT2D eigenvalue weighted by atomic mass is 10.2. The topological polar surface area (TPSA) is 108 Å². The lowest BCUT2D eigenvalue weighted by Crippen LogP contribution is -2.21. The van der Waals surface area contributed by atoms with Crippen LogP contribution < -0.4 is 20.3 Å². The van der Waals surface area contributed by atoms with E-state index in [9.17, 15) is 14.9 Å². The molecule has 9 heteroatoms. The molecule has 0 amide bonds. The Hall–Kier alpha value is -3.62. The van der Waals surface area contributed by atoms with Crippen LogP contribution in [-0.2, 0) is 6.54 Å². The highest BCUT2D eigenvalue weighted by molar-refractivity contribution is 5.60. The minimum absolute atomic E-state index is 0.0802. The molecule has 27 heavy (non-hydrogen) atoms. The summed E-state index contributed by atoms with van der Waals surface area (Å²) in [7, 11) is 0. The number of anilines is 1. The number of aromatic nitrogens is 2. The Balaban J connectivity index is 1.72. The molecule has 3 heterocycles. The van der Waals surface area contributed by atoms with Gasteiger partial charge in [-0.3, -0.25) is 19.3 Å². The molecule has 0 bridgehead atoms. The van der Waals surface area contributed by atoms with Crippen LogP contribution in [0, 0.1) is 10.1 Å². The van der Waals surface area contributed by atoms with Gasteiger partial charge in [0.1, 0.15) is 5.65 Å². The third kappa shape index (κ3) is 3.14. The van der Waals surface area contributed by atoms with Crippen LogP contribution in [0.3, 0.4) is 0 Å². The molecular weight excluding hydrogens is 352 g/mol. The van der Waals surface area contributed by atoms with Gasteiger partial charge in [0.15, 0.2) is 11.5 Å². The number of rotatable bonds is 4. The number of nitrogens with one attached hydrogen (secondary N) is 1. The summed E-state index contributed by atoms with van der Waals surface area (Å²) in [6, 6.07) is 10.4. The van der Waals surface area contributed by atoms with Crippen molar-refractivity contribution in [3.05, 3.63) is 68.6 Å². The van der Waals surface area contributed by atoms with E-state index < -0.39 is 16.2 Å². The minimum atomic E-state index is -0.737. The van der Waals surface area contributed by atoms with Gasteiger partial charge in [-0.15, -0.1) is 0 Å². The van der Waals surface area contributed by atoms with E-state index in [4.69, 9.17) is 9.47 Å². The Bertz CT molecular complexity index is 1080. The molecule has 0 saturated carbocycles. The van der Waals surface area contributed by atoms with Crippen LogP contribution in [0.1, 0.15) is 12.0 Å². The third-order valence-electron chi connectivity index (χ3n) is 4.19. The van der Waals surface area contributed by atoms with Crippen LogP contribution in [0.2, 0.25) is 0 Å². The van der Waals surface area contributed by atoms with Gasteiger partial charge in [-0.05, 0) is 18.2 Å². The molecule has 1 aliphatic rings. The average molecular weight is 368 g/mol. The normalized spacial score (nSPS) is 13.2. The molecule has 0 unspecified atom stereocenters. The van der Waals surface area contributed by atoms with Gasteiger partial charge in [-0.2, -0.15) is 0 Å². The van der Waals surface area contributed by atoms with Crippen molar-refractivity contribution in [1.29, 1.82) is 0 Å². The summed E-state index contributed by atoms with van der Waals surface area (Å²) in [5.74, 6) is 1.15. The first-order chi connectivity index (χ1) is 13.1. The molecule has 9 nitrogen and oxygen atoms in total. The van der Waals surface area contributed by atoms with Crippen LogP contribution >= 0.6 is 0 Å². The maximum absolute atomic E-state index is 12.5. The maximum atomic E-state index is 12.5. The Kier molecular flexibility index (Phi) is 4.33. The van der Waals surface area contributed by atoms with E-state index in [1.165, 1.54) is 6.20 Å². The van der Waals surface area contributed by atoms with Gasteiger partial charge >= 0.3 is 11.2 Å². The quantitative estimate of drug-likeness (QED) is 0.556. The van der Waals surface area contributed by atoms with Gasteiger partial charge in [0.05, 0.1) is 18.1 Å². The fourth-order valence-corrected chi connectivity index (χ4v) is 2.94. The molecule has 0 saturated heterocycles. The fraction of sp³-hybridized carbons (Fsp3) is 0.222. The lowest BCUT2D eigenvalue weighted by molar-refractivity contribution is -0.385. The predicted octanol–water partition coefficient (Wildman–Crippen LogP) is 2.38. The highest BCUT2D eigenvalue weighted by atomic mass is 16.6. The number of pyridine rings is 1. The van der Waals surface area contributed by atoms with Crippen LogP contribution in [0.5, 0.6) is 11.5 Å². The number of para-hydroxylation sites is 1.